The summed E-state index contributed by atoms with van der Waals surface area (Å²) >= 11 is 0. The smallest absolute Gasteiger partial charge is 0.307 e. The molecule has 15 heteroatoms. The van der Waals surface area contributed by atoms with Crippen molar-refractivity contribution < 1.29 is 46.2 Å². The van der Waals surface area contributed by atoms with E-state index in [-0.39, 0.29) is 62.8 Å². The molecular formula is C41H55FN4O9S. The van der Waals surface area contributed by atoms with Gasteiger partial charge >= 0.3 is 5.97 Å². The number of Topliss-reactive ketones (excluding diaryl/α,β-unsaturated/α-hetero) is 1. The number of halogens is 1. The van der Waals surface area contributed by atoms with Crippen LogP contribution in [0.15, 0.2) is 30.4 Å². The highest BCUT2D eigenvalue weighted by Crippen LogP contribution is 2.58. The lowest BCUT2D eigenvalue weighted by Crippen LogP contribution is -2.48. The van der Waals surface area contributed by atoms with Crippen LogP contribution in [-0.4, -0.2) is 89.7 Å². The van der Waals surface area contributed by atoms with E-state index in [0.29, 0.717) is 35.3 Å². The third kappa shape index (κ3) is 8.72. The Kier molecular flexibility index (Phi) is 11.6. The number of nitrogens with zero attached hydrogens (tertiary/aromatic N) is 3. The maximum atomic E-state index is 14.8. The molecule has 56 heavy (non-hydrogen) atoms. The van der Waals surface area contributed by atoms with Crippen LogP contribution in [0.2, 0.25) is 0 Å². The highest BCUT2D eigenvalue weighted by atomic mass is 32.2. The van der Waals surface area contributed by atoms with Crippen LogP contribution >= 0.6 is 0 Å². The van der Waals surface area contributed by atoms with Gasteiger partial charge in [0.15, 0.2) is 5.78 Å². The van der Waals surface area contributed by atoms with E-state index < -0.39 is 80.0 Å². The number of ether oxygens (including phenoxy) is 3. The Hall–Kier alpha value is -4.14. The molecule has 1 aromatic heterocycles. The Balaban J connectivity index is 1.34. The Morgan fingerprint density at radius 3 is 2.48 bits per heavy atom. The maximum absolute atomic E-state index is 14.8. The molecule has 4 aliphatic rings. The van der Waals surface area contributed by atoms with Crippen LogP contribution in [0.3, 0.4) is 0 Å². The van der Waals surface area contributed by atoms with Crippen molar-refractivity contribution in [2.24, 2.45) is 29.1 Å². The van der Waals surface area contributed by atoms with Crippen molar-refractivity contribution in [3.63, 3.8) is 0 Å². The van der Waals surface area contributed by atoms with Gasteiger partial charge in [0.1, 0.15) is 34.6 Å². The molecule has 13 nitrogen and oxygen atoms in total. The standard InChI is InChI=1S/C41H55FN4O9S/c1-24-10-8-9-11-27-20-41(27,38(50)45-56(51,52)40(23-42)14-15-40)21-34(47)33-18-29(54-36-26(3)43-32-17-28(53-7)12-13-31(32)44-36)22-46(33)37(49)30(25(2)16-24)19-35(48)55-39(4,5)6/h9,11-13,17,24-25,27,29-30,33H,8,10,14-16,18-23H2,1-7H3,(H,45,50)/b11-9-/t24-,25-,27-,29-,30+,33+,41-/m1/s1. The number of rotatable bonds is 9. The largest absolute Gasteiger partial charge is 0.497 e. The van der Waals surface area contributed by atoms with E-state index in [9.17, 15) is 32.0 Å². The van der Waals surface area contributed by atoms with Gasteiger partial charge in [0.2, 0.25) is 27.7 Å². The summed E-state index contributed by atoms with van der Waals surface area (Å²) in [4.78, 5) is 67.5. The van der Waals surface area contributed by atoms with Gasteiger partial charge in [-0.05, 0) is 96.1 Å². The number of allylic oxidation sites excluding steroid dienone is 2. The zero-order chi connectivity index (χ0) is 40.8. The van der Waals surface area contributed by atoms with Gasteiger partial charge in [-0.1, -0.05) is 26.0 Å². The topological polar surface area (TPSA) is 171 Å². The van der Waals surface area contributed by atoms with E-state index in [4.69, 9.17) is 14.2 Å². The minimum absolute atomic E-state index is 0.0000285. The highest BCUT2D eigenvalue weighted by Gasteiger charge is 2.63. The normalized spacial score (nSPS) is 30.0. The van der Waals surface area contributed by atoms with Crippen LogP contribution in [0.1, 0.15) is 98.1 Å². The Morgan fingerprint density at radius 2 is 1.82 bits per heavy atom. The lowest BCUT2D eigenvalue weighted by molar-refractivity contribution is -0.160. The first-order chi connectivity index (χ1) is 26.3. The SMILES string of the molecule is COc1ccc2nc(O[C@@H]3C[C@H]4C(=O)C[C@]5(C(=O)NS(=O)(=O)C6(CF)CC6)C[C@H]5/C=C\CC[C@@H](C)C[C@@H](C)[C@H](CC(=O)OC(C)(C)C)C(=O)N4C3)c(C)nc2c1. The molecule has 2 aromatic rings. The monoisotopic (exact) mass is 798 g/mol. The van der Waals surface area contributed by atoms with Gasteiger partial charge < -0.3 is 19.1 Å². The first kappa shape index (κ1) is 41.5. The van der Waals surface area contributed by atoms with E-state index in [1.165, 1.54) is 4.90 Å². The molecule has 2 saturated carbocycles. The fraction of sp³-hybridized carbons (Fsp3) is 0.659. The number of sulfonamides is 1. The molecule has 7 atom stereocenters. The first-order valence-electron chi connectivity index (χ1n) is 19.6. The number of hydrogen-bond acceptors (Lipinski definition) is 11. The molecule has 2 aliphatic carbocycles. The van der Waals surface area contributed by atoms with E-state index in [1.54, 1.807) is 53.0 Å². The van der Waals surface area contributed by atoms with Crippen LogP contribution in [0.5, 0.6) is 11.6 Å². The highest BCUT2D eigenvalue weighted by molar-refractivity contribution is 7.91. The molecule has 2 aliphatic heterocycles. The van der Waals surface area contributed by atoms with E-state index in [0.717, 1.165) is 6.42 Å². The molecule has 0 spiro atoms. The Labute approximate surface area is 328 Å². The minimum Gasteiger partial charge on any atom is -0.497 e. The number of esters is 1. The maximum Gasteiger partial charge on any atom is 0.307 e. The molecule has 2 amide bonds. The second kappa shape index (κ2) is 15.7. The van der Waals surface area contributed by atoms with Crippen LogP contribution in [0, 0.1) is 36.0 Å². The summed E-state index contributed by atoms with van der Waals surface area (Å²) in [5, 5.41) is 0. The van der Waals surface area contributed by atoms with Crippen molar-refractivity contribution >= 4 is 44.6 Å². The first-order valence-corrected chi connectivity index (χ1v) is 21.1. The van der Waals surface area contributed by atoms with Crippen LogP contribution in [0.4, 0.5) is 4.39 Å². The van der Waals surface area contributed by atoms with Crippen molar-refractivity contribution in [3.8, 4) is 11.6 Å². The number of aryl methyl sites for hydroxylation is 1. The van der Waals surface area contributed by atoms with Gasteiger partial charge in [-0.25, -0.2) is 22.8 Å². The fourth-order valence-electron chi connectivity index (χ4n) is 8.30. The van der Waals surface area contributed by atoms with Crippen LogP contribution < -0.4 is 14.2 Å². The van der Waals surface area contributed by atoms with Gasteiger partial charge in [0, 0.05) is 18.9 Å². The molecule has 0 bridgehead atoms. The predicted molar refractivity (Wildman–Crippen MR) is 206 cm³/mol. The van der Waals surface area contributed by atoms with Crippen LogP contribution in [0.25, 0.3) is 11.0 Å². The van der Waals surface area contributed by atoms with E-state index in [2.05, 4.69) is 21.6 Å². The quantitative estimate of drug-likeness (QED) is 0.249. The summed E-state index contributed by atoms with van der Waals surface area (Å²) in [5.74, 6) is -2.65. The summed E-state index contributed by atoms with van der Waals surface area (Å²) in [7, 11) is -2.78. The molecular weight excluding hydrogens is 744 g/mol. The number of carbonyl (C=O) groups excluding carboxylic acids is 4. The predicted octanol–water partition coefficient (Wildman–Crippen LogP) is 5.57. The molecule has 0 unspecified atom stereocenters. The minimum atomic E-state index is -4.34. The molecule has 1 saturated heterocycles. The number of ketones is 1. The second-order valence-electron chi connectivity index (χ2n) is 17.5. The number of benzene rings is 1. The molecule has 0 radical (unpaired) electrons. The fourth-order valence-corrected chi connectivity index (χ4v) is 9.75. The number of amides is 2. The third-order valence-corrected chi connectivity index (χ3v) is 14.0. The van der Waals surface area contributed by atoms with E-state index >= 15 is 0 Å². The lowest BCUT2D eigenvalue weighted by Gasteiger charge is -2.32. The second-order valence-corrected chi connectivity index (χ2v) is 19.6. The van der Waals surface area contributed by atoms with Crippen molar-refractivity contribution in [1.82, 2.24) is 19.6 Å². The van der Waals surface area contributed by atoms with Gasteiger partial charge in [-0.3, -0.25) is 23.9 Å². The average Bonchev–Trinajstić information content (AvgIpc) is 4.02. The number of methoxy groups -OCH3 is 1. The van der Waals surface area contributed by atoms with Crippen molar-refractivity contribution in [3.05, 3.63) is 36.0 Å². The van der Waals surface area contributed by atoms with Gasteiger partial charge in [-0.15, -0.1) is 0 Å². The Bertz CT molecular complexity index is 2010. The number of fused-ring (bicyclic) bond motifs is 3. The summed E-state index contributed by atoms with van der Waals surface area (Å²) in [5.41, 5.74) is -0.515. The third-order valence-electron chi connectivity index (χ3n) is 11.9. The zero-order valence-corrected chi connectivity index (χ0v) is 34.2. The number of aromatic nitrogens is 2. The van der Waals surface area contributed by atoms with Gasteiger partial charge in [-0.2, -0.15) is 0 Å². The number of nitrogens with one attached hydrogen (secondary N) is 1. The summed E-state index contributed by atoms with van der Waals surface area (Å²) < 4.78 is 58.2. The number of alkyl halides is 1. The molecule has 1 aromatic carbocycles. The zero-order valence-electron chi connectivity index (χ0n) is 33.4. The summed E-state index contributed by atoms with van der Waals surface area (Å²) in [6.07, 6.45) is 5.20. The van der Waals surface area contributed by atoms with Crippen molar-refractivity contribution in [2.75, 3.05) is 20.3 Å². The summed E-state index contributed by atoms with van der Waals surface area (Å²) in [6.45, 7) is 9.96. The van der Waals surface area contributed by atoms with Crippen molar-refractivity contribution in [1.29, 1.82) is 0 Å². The molecule has 3 heterocycles. The molecule has 3 fully saturated rings. The van der Waals surface area contributed by atoms with Crippen molar-refractivity contribution in [2.45, 2.75) is 122 Å². The van der Waals surface area contributed by atoms with Crippen LogP contribution in [-0.2, 0) is 33.9 Å². The number of hydrogen-bond donors (Lipinski definition) is 1. The summed E-state index contributed by atoms with van der Waals surface area (Å²) in [6, 6.07) is 4.22. The molecule has 1 N–H and O–H groups in total. The van der Waals surface area contributed by atoms with E-state index in [1.807, 2.05) is 19.1 Å². The van der Waals surface area contributed by atoms with Gasteiger partial charge in [0.25, 0.3) is 0 Å². The lowest BCUT2D eigenvalue weighted by atomic mass is 9.82. The molecule has 6 rings (SSSR count). The van der Waals surface area contributed by atoms with Gasteiger partial charge in [0.05, 0.1) is 48.5 Å². The Morgan fingerprint density at radius 1 is 1.09 bits per heavy atom. The number of carbonyl (C=O) groups is 4. The molecule has 306 valence electrons. The average molecular weight is 799 g/mol.